The summed E-state index contributed by atoms with van der Waals surface area (Å²) in [6.45, 7) is 0. The van der Waals surface area contributed by atoms with Crippen molar-refractivity contribution in [1.82, 2.24) is 9.55 Å². The first-order chi connectivity index (χ1) is 4.11. The minimum atomic E-state index is -4.32. The average molecular weight is 173 g/mol. The maximum Gasteiger partial charge on any atom is 0.489 e. The first kappa shape index (κ1) is 9.29. The fraction of sp³-hybridized carbons (Fsp3) is 0.250. The first-order valence-corrected chi connectivity index (χ1v) is 2.16. The second-order valence-corrected chi connectivity index (χ2v) is 1.44. The number of nitrogens with zero attached hydrogens (tertiary/aromatic N) is 2. The summed E-state index contributed by atoms with van der Waals surface area (Å²) in [5, 5.41) is 0. The Morgan fingerprint density at radius 3 is 2.10 bits per heavy atom. The highest BCUT2D eigenvalue weighted by atomic mass is 35.5. The van der Waals surface area contributed by atoms with Crippen LogP contribution in [0.5, 0.6) is 0 Å². The molecule has 0 amide bonds. The zero-order chi connectivity index (χ0) is 6.91. The third-order valence-electron chi connectivity index (χ3n) is 0.797. The Bertz CT molecular complexity index is 181. The lowest BCUT2D eigenvalue weighted by Crippen LogP contribution is -2.13. The molecule has 10 heavy (non-hydrogen) atoms. The van der Waals surface area contributed by atoms with Gasteiger partial charge in [0.05, 0.1) is 0 Å². The molecule has 0 bridgehead atoms. The van der Waals surface area contributed by atoms with Gasteiger partial charge in [-0.25, -0.2) is 9.55 Å². The van der Waals surface area contributed by atoms with E-state index in [9.17, 15) is 13.2 Å². The summed E-state index contributed by atoms with van der Waals surface area (Å²) >= 11 is 0. The van der Waals surface area contributed by atoms with Crippen LogP contribution in [0.15, 0.2) is 18.7 Å². The number of aromatic nitrogens is 2. The first-order valence-electron chi connectivity index (χ1n) is 2.16. The maximum absolute atomic E-state index is 11.5. The average Bonchev–Trinajstić information content (AvgIpc) is 2.08. The largest absolute Gasteiger partial charge is 0.489 e. The molecule has 0 radical (unpaired) electrons. The molecule has 0 aliphatic carbocycles. The molecule has 0 spiro atoms. The zero-order valence-electron chi connectivity index (χ0n) is 4.67. The Morgan fingerprint density at radius 1 is 1.30 bits per heavy atom. The van der Waals surface area contributed by atoms with Crippen molar-refractivity contribution in [3.63, 3.8) is 0 Å². The summed E-state index contributed by atoms with van der Waals surface area (Å²) in [6.07, 6.45) is -1.69. The molecule has 0 fully saturated rings. The third kappa shape index (κ3) is 1.91. The molecule has 1 heterocycles. The fourth-order valence-corrected chi connectivity index (χ4v) is 0.409. The van der Waals surface area contributed by atoms with E-state index in [0.717, 1.165) is 12.4 Å². The molecule has 0 aromatic carbocycles. The molecule has 0 unspecified atom stereocenters. The van der Waals surface area contributed by atoms with E-state index in [1.54, 1.807) is 0 Å². The van der Waals surface area contributed by atoms with Crippen LogP contribution in [0.4, 0.5) is 13.2 Å². The summed E-state index contributed by atoms with van der Waals surface area (Å²) < 4.78 is 34.7. The van der Waals surface area contributed by atoms with E-state index in [4.69, 9.17) is 0 Å². The van der Waals surface area contributed by atoms with E-state index in [1.165, 1.54) is 0 Å². The van der Waals surface area contributed by atoms with Gasteiger partial charge in [-0.05, 0) is 0 Å². The molecule has 0 saturated heterocycles. The number of imidazole rings is 1. The molecule has 58 valence electrons. The predicted molar refractivity (Wildman–Crippen MR) is 30.8 cm³/mol. The molecule has 6 heteroatoms. The second kappa shape index (κ2) is 2.92. The number of hydrogen-bond donors (Lipinski definition) is 0. The van der Waals surface area contributed by atoms with E-state index >= 15 is 0 Å². The van der Waals surface area contributed by atoms with Crippen LogP contribution in [-0.2, 0) is 6.30 Å². The molecule has 0 atom stereocenters. The molecule has 1 aromatic rings. The van der Waals surface area contributed by atoms with Crippen molar-refractivity contribution >= 4 is 12.4 Å². The van der Waals surface area contributed by atoms with Crippen LogP contribution in [0.25, 0.3) is 0 Å². The van der Waals surface area contributed by atoms with E-state index in [0.29, 0.717) is 6.33 Å². The van der Waals surface area contributed by atoms with E-state index in [2.05, 4.69) is 4.98 Å². The van der Waals surface area contributed by atoms with Gasteiger partial charge >= 0.3 is 6.30 Å². The van der Waals surface area contributed by atoms with Crippen molar-refractivity contribution < 1.29 is 13.2 Å². The highest BCUT2D eigenvalue weighted by molar-refractivity contribution is 5.85. The van der Waals surface area contributed by atoms with Gasteiger partial charge in [0.15, 0.2) is 0 Å². The van der Waals surface area contributed by atoms with E-state index < -0.39 is 6.30 Å². The normalized spacial score (nSPS) is 10.7. The van der Waals surface area contributed by atoms with Gasteiger partial charge in [-0.15, -0.1) is 25.6 Å². The van der Waals surface area contributed by atoms with Crippen molar-refractivity contribution in [2.45, 2.75) is 6.30 Å². The van der Waals surface area contributed by atoms with Crippen LogP contribution < -0.4 is 0 Å². The maximum atomic E-state index is 11.5. The predicted octanol–water partition coefficient (Wildman–Crippen LogP) is 1.78. The highest BCUT2D eigenvalue weighted by Gasteiger charge is 2.29. The summed E-state index contributed by atoms with van der Waals surface area (Å²) in [5.41, 5.74) is 0. The number of hydrogen-bond acceptors (Lipinski definition) is 1. The number of alkyl halides is 3. The van der Waals surface area contributed by atoms with Gasteiger partial charge in [0.2, 0.25) is 0 Å². The molecule has 0 N–H and O–H groups in total. The Hall–Kier alpha value is -0.710. The zero-order valence-corrected chi connectivity index (χ0v) is 5.49. The second-order valence-electron chi connectivity index (χ2n) is 1.44. The number of rotatable bonds is 0. The standard InChI is InChI=1S/C4H3F3N2.ClH/c5-4(6,7)9-2-1-8-3-9;/h1-3H;1H. The summed E-state index contributed by atoms with van der Waals surface area (Å²) in [7, 11) is 0. The lowest BCUT2D eigenvalue weighted by molar-refractivity contribution is -0.204. The van der Waals surface area contributed by atoms with Crippen LogP contribution in [-0.4, -0.2) is 9.55 Å². The van der Waals surface area contributed by atoms with Crippen molar-refractivity contribution in [3.8, 4) is 0 Å². The summed E-state index contributed by atoms with van der Waals surface area (Å²) in [5.74, 6) is 0. The SMILES string of the molecule is Cl.FC(F)(F)n1ccnc1. The van der Waals surface area contributed by atoms with Gasteiger partial charge in [0, 0.05) is 12.4 Å². The van der Waals surface area contributed by atoms with Gasteiger partial charge in [-0.2, -0.15) is 0 Å². The molecule has 1 rings (SSSR count). The highest BCUT2D eigenvalue weighted by Crippen LogP contribution is 2.20. The Kier molecular flexibility index (Phi) is 2.71. The molecule has 2 nitrogen and oxygen atoms in total. The van der Waals surface area contributed by atoms with Gasteiger partial charge in [-0.1, -0.05) is 0 Å². The molecule has 0 aliphatic rings. The summed E-state index contributed by atoms with van der Waals surface area (Å²) in [6, 6.07) is 0. The van der Waals surface area contributed by atoms with Crippen LogP contribution in [0, 0.1) is 0 Å². The monoisotopic (exact) mass is 172 g/mol. The molecule has 0 aliphatic heterocycles. The van der Waals surface area contributed by atoms with Gasteiger partial charge < -0.3 is 0 Å². The Balaban J connectivity index is 0.000000810. The van der Waals surface area contributed by atoms with Gasteiger partial charge in [0.25, 0.3) is 0 Å². The number of halogens is 4. The van der Waals surface area contributed by atoms with Gasteiger partial charge in [-0.3, -0.25) is 0 Å². The smallest absolute Gasteiger partial charge is 0.248 e. The quantitative estimate of drug-likeness (QED) is 0.583. The van der Waals surface area contributed by atoms with E-state index in [1.807, 2.05) is 0 Å². The van der Waals surface area contributed by atoms with Crippen molar-refractivity contribution in [2.24, 2.45) is 0 Å². The van der Waals surface area contributed by atoms with E-state index in [-0.39, 0.29) is 17.0 Å². The Morgan fingerprint density at radius 2 is 1.90 bits per heavy atom. The lowest BCUT2D eigenvalue weighted by atomic mass is 10.9. The van der Waals surface area contributed by atoms with Crippen LogP contribution in [0.3, 0.4) is 0 Å². The van der Waals surface area contributed by atoms with Crippen LogP contribution in [0.2, 0.25) is 0 Å². The third-order valence-corrected chi connectivity index (χ3v) is 0.797. The molecular weight excluding hydrogens is 169 g/mol. The molecule has 0 saturated carbocycles. The fourth-order valence-electron chi connectivity index (χ4n) is 0.409. The van der Waals surface area contributed by atoms with Crippen molar-refractivity contribution in [3.05, 3.63) is 18.7 Å². The van der Waals surface area contributed by atoms with Crippen LogP contribution in [0.1, 0.15) is 0 Å². The van der Waals surface area contributed by atoms with Crippen molar-refractivity contribution in [1.29, 1.82) is 0 Å². The topological polar surface area (TPSA) is 17.8 Å². The Labute approximate surface area is 61.1 Å². The molecular formula is C4H4ClF3N2. The van der Waals surface area contributed by atoms with Crippen molar-refractivity contribution in [2.75, 3.05) is 0 Å². The van der Waals surface area contributed by atoms with Crippen LogP contribution >= 0.6 is 12.4 Å². The van der Waals surface area contributed by atoms with Gasteiger partial charge in [0.1, 0.15) is 6.33 Å². The lowest BCUT2D eigenvalue weighted by Gasteiger charge is -2.03. The summed E-state index contributed by atoms with van der Waals surface area (Å²) in [4.78, 5) is 3.23. The minimum absolute atomic E-state index is 0. The minimum Gasteiger partial charge on any atom is -0.248 e. The molecule has 1 aromatic heterocycles.